The largest absolute Gasteiger partial charge is 0.353 e. The first-order chi connectivity index (χ1) is 14.6. The van der Waals surface area contributed by atoms with Gasteiger partial charge >= 0.3 is 6.03 Å². The Bertz CT molecular complexity index is 885. The molecule has 0 bridgehead atoms. The van der Waals surface area contributed by atoms with Gasteiger partial charge in [0.15, 0.2) is 0 Å². The number of amides is 3. The minimum absolute atomic E-state index is 0.0355. The Morgan fingerprint density at radius 1 is 0.968 bits per heavy atom. The van der Waals surface area contributed by atoms with Crippen molar-refractivity contribution in [2.75, 3.05) is 25.0 Å². The van der Waals surface area contributed by atoms with E-state index in [1.807, 2.05) is 66.9 Å². The highest BCUT2D eigenvalue weighted by atomic mass is 16.2. The smallest absolute Gasteiger partial charge is 0.322 e. The van der Waals surface area contributed by atoms with Crippen molar-refractivity contribution < 1.29 is 9.59 Å². The number of benzene rings is 1. The number of aryl methyl sites for hydroxylation is 2. The molecule has 31 heavy (non-hydrogen) atoms. The Kier molecular flexibility index (Phi) is 8.72. The van der Waals surface area contributed by atoms with E-state index in [1.165, 1.54) is 0 Å². The maximum absolute atomic E-state index is 13.3. The second kappa shape index (κ2) is 11.0. The lowest BCUT2D eigenvalue weighted by Gasteiger charge is -2.30. The summed E-state index contributed by atoms with van der Waals surface area (Å²) in [5.41, 5.74) is 4.02. The van der Waals surface area contributed by atoms with Gasteiger partial charge < -0.3 is 19.7 Å². The van der Waals surface area contributed by atoms with Crippen molar-refractivity contribution in [3.8, 4) is 0 Å². The second-order valence-electron chi connectivity index (χ2n) is 9.23. The average Bonchev–Trinajstić information content (AvgIpc) is 3.08. The standard InChI is InChI=1S/C25H38N4O2/c1-18(2)14-28(16-22-11-9-13-27(22)7)24(30)17-29(15-19(3)4)25(31)26-23-12-8-10-20(5)21(23)6/h8-13,18-19H,14-17H2,1-7H3,(H,26,31). The number of hydrogen-bond acceptors (Lipinski definition) is 2. The van der Waals surface area contributed by atoms with Crippen molar-refractivity contribution in [2.24, 2.45) is 18.9 Å². The summed E-state index contributed by atoms with van der Waals surface area (Å²) in [5.74, 6) is 0.557. The number of carbonyl (C=O) groups excluding carboxylic acids is 2. The van der Waals surface area contributed by atoms with E-state index < -0.39 is 0 Å². The normalized spacial score (nSPS) is 11.1. The number of nitrogens with one attached hydrogen (secondary N) is 1. The number of rotatable bonds is 9. The van der Waals surface area contributed by atoms with Gasteiger partial charge in [0.25, 0.3) is 0 Å². The Balaban J connectivity index is 2.17. The van der Waals surface area contributed by atoms with Crippen LogP contribution in [-0.2, 0) is 18.4 Å². The van der Waals surface area contributed by atoms with Crippen LogP contribution in [0.3, 0.4) is 0 Å². The minimum Gasteiger partial charge on any atom is -0.353 e. The lowest BCUT2D eigenvalue weighted by Crippen LogP contribution is -2.46. The minimum atomic E-state index is -0.237. The number of anilines is 1. The van der Waals surface area contributed by atoms with Crippen LogP contribution in [0.2, 0.25) is 0 Å². The molecular formula is C25H38N4O2. The zero-order valence-corrected chi connectivity index (χ0v) is 20.1. The average molecular weight is 427 g/mol. The molecule has 0 aliphatic carbocycles. The molecule has 2 rings (SSSR count). The fraction of sp³-hybridized carbons (Fsp3) is 0.520. The van der Waals surface area contributed by atoms with Crippen molar-refractivity contribution in [1.82, 2.24) is 14.4 Å². The number of carbonyl (C=O) groups is 2. The maximum atomic E-state index is 13.3. The summed E-state index contributed by atoms with van der Waals surface area (Å²) in [6.45, 7) is 14.1. The van der Waals surface area contributed by atoms with Crippen LogP contribution in [0.15, 0.2) is 36.5 Å². The van der Waals surface area contributed by atoms with Gasteiger partial charge in [-0.3, -0.25) is 4.79 Å². The van der Waals surface area contributed by atoms with Crippen molar-refractivity contribution in [3.63, 3.8) is 0 Å². The molecule has 1 N–H and O–H groups in total. The van der Waals surface area contributed by atoms with E-state index in [1.54, 1.807) is 4.90 Å². The van der Waals surface area contributed by atoms with Gasteiger partial charge in [-0.05, 0) is 55.0 Å². The van der Waals surface area contributed by atoms with E-state index in [9.17, 15) is 9.59 Å². The molecule has 170 valence electrons. The van der Waals surface area contributed by atoms with Crippen molar-refractivity contribution in [1.29, 1.82) is 0 Å². The van der Waals surface area contributed by atoms with Crippen LogP contribution in [0, 0.1) is 25.7 Å². The molecule has 1 aromatic heterocycles. The molecular weight excluding hydrogens is 388 g/mol. The van der Waals surface area contributed by atoms with E-state index in [0.717, 1.165) is 22.5 Å². The highest BCUT2D eigenvalue weighted by Gasteiger charge is 2.24. The van der Waals surface area contributed by atoms with E-state index >= 15 is 0 Å². The molecule has 6 nitrogen and oxygen atoms in total. The topological polar surface area (TPSA) is 57.6 Å². The molecule has 0 unspecified atom stereocenters. The van der Waals surface area contributed by atoms with Crippen LogP contribution in [0.4, 0.5) is 10.5 Å². The molecule has 0 aliphatic heterocycles. The molecule has 1 heterocycles. The first kappa shape index (κ1) is 24.5. The van der Waals surface area contributed by atoms with Gasteiger partial charge in [0.1, 0.15) is 6.54 Å². The predicted molar refractivity (Wildman–Crippen MR) is 127 cm³/mol. The Morgan fingerprint density at radius 3 is 2.19 bits per heavy atom. The molecule has 1 aromatic carbocycles. The molecule has 6 heteroatoms. The van der Waals surface area contributed by atoms with Gasteiger partial charge in [-0.15, -0.1) is 0 Å². The predicted octanol–water partition coefficient (Wildman–Crippen LogP) is 4.82. The van der Waals surface area contributed by atoms with Crippen LogP contribution >= 0.6 is 0 Å². The summed E-state index contributed by atoms with van der Waals surface area (Å²) in [4.78, 5) is 29.9. The van der Waals surface area contributed by atoms with Crippen LogP contribution in [0.5, 0.6) is 0 Å². The van der Waals surface area contributed by atoms with Gasteiger partial charge in [0.05, 0.1) is 6.54 Å². The Hall–Kier alpha value is -2.76. The number of hydrogen-bond donors (Lipinski definition) is 1. The van der Waals surface area contributed by atoms with Crippen LogP contribution in [0.1, 0.15) is 44.5 Å². The molecule has 0 saturated carbocycles. The summed E-state index contributed by atoms with van der Waals surface area (Å²) in [6, 6.07) is 9.62. The van der Waals surface area contributed by atoms with Crippen molar-refractivity contribution in [2.45, 2.75) is 48.1 Å². The van der Waals surface area contributed by atoms with E-state index in [4.69, 9.17) is 0 Å². The first-order valence-electron chi connectivity index (χ1n) is 11.1. The lowest BCUT2D eigenvalue weighted by atomic mass is 10.1. The second-order valence-corrected chi connectivity index (χ2v) is 9.23. The molecule has 3 amide bonds. The van der Waals surface area contributed by atoms with Crippen LogP contribution < -0.4 is 5.32 Å². The molecule has 0 spiro atoms. The fourth-order valence-electron chi connectivity index (χ4n) is 3.56. The van der Waals surface area contributed by atoms with Gasteiger partial charge in [0, 0.05) is 37.7 Å². The summed E-state index contributed by atoms with van der Waals surface area (Å²) < 4.78 is 2.03. The highest BCUT2D eigenvalue weighted by molar-refractivity contribution is 5.93. The molecule has 0 aliphatic rings. The third-order valence-corrected chi connectivity index (χ3v) is 5.39. The van der Waals surface area contributed by atoms with E-state index in [0.29, 0.717) is 25.6 Å². The Morgan fingerprint density at radius 2 is 1.61 bits per heavy atom. The summed E-state index contributed by atoms with van der Waals surface area (Å²) in [5, 5.41) is 3.01. The van der Waals surface area contributed by atoms with Gasteiger partial charge in [-0.1, -0.05) is 39.8 Å². The fourth-order valence-corrected chi connectivity index (χ4v) is 3.56. The summed E-state index contributed by atoms with van der Waals surface area (Å²) in [7, 11) is 1.98. The molecule has 0 radical (unpaired) electrons. The van der Waals surface area contributed by atoms with Crippen molar-refractivity contribution in [3.05, 3.63) is 53.3 Å². The van der Waals surface area contributed by atoms with Crippen LogP contribution in [-0.4, -0.2) is 45.9 Å². The van der Waals surface area contributed by atoms with Gasteiger partial charge in [-0.2, -0.15) is 0 Å². The van der Waals surface area contributed by atoms with Crippen LogP contribution in [0.25, 0.3) is 0 Å². The van der Waals surface area contributed by atoms with Gasteiger partial charge in [0.2, 0.25) is 5.91 Å². The SMILES string of the molecule is Cc1cccc(NC(=O)N(CC(=O)N(Cc2cccn2C)CC(C)C)CC(C)C)c1C. The lowest BCUT2D eigenvalue weighted by molar-refractivity contribution is -0.133. The van der Waals surface area contributed by atoms with E-state index in [2.05, 4.69) is 33.0 Å². The zero-order chi connectivity index (χ0) is 23.1. The number of nitrogens with zero attached hydrogens (tertiary/aromatic N) is 3. The molecule has 2 aromatic rings. The van der Waals surface area contributed by atoms with Crippen molar-refractivity contribution >= 4 is 17.6 Å². The summed E-state index contributed by atoms with van der Waals surface area (Å²) >= 11 is 0. The van der Waals surface area contributed by atoms with Gasteiger partial charge in [-0.25, -0.2) is 4.79 Å². The monoisotopic (exact) mass is 426 g/mol. The quantitative estimate of drug-likeness (QED) is 0.625. The number of urea groups is 1. The first-order valence-corrected chi connectivity index (χ1v) is 11.1. The highest BCUT2D eigenvalue weighted by Crippen LogP contribution is 2.19. The zero-order valence-electron chi connectivity index (χ0n) is 20.1. The molecule has 0 saturated heterocycles. The van der Waals surface area contributed by atoms with E-state index in [-0.39, 0.29) is 24.4 Å². The third kappa shape index (κ3) is 7.16. The molecule has 0 atom stereocenters. The molecule has 0 fully saturated rings. The number of aromatic nitrogens is 1. The maximum Gasteiger partial charge on any atom is 0.322 e. The summed E-state index contributed by atoms with van der Waals surface area (Å²) in [6.07, 6.45) is 1.98. The Labute approximate surface area is 187 Å². The third-order valence-electron chi connectivity index (χ3n) is 5.39.